The normalized spacial score (nSPS) is 13.8. The van der Waals surface area contributed by atoms with E-state index in [9.17, 15) is 0 Å². The first-order valence-electron chi connectivity index (χ1n) is 4.85. The maximum Gasteiger partial charge on any atom is 0.0648 e. The zero-order valence-electron chi connectivity index (χ0n) is 9.18. The lowest BCUT2D eigenvalue weighted by Gasteiger charge is -2.30. The van der Waals surface area contributed by atoms with Gasteiger partial charge in [0.25, 0.3) is 0 Å². The van der Waals surface area contributed by atoms with Crippen LogP contribution in [0.4, 0.5) is 0 Å². The fraction of sp³-hybridized carbons (Fsp3) is 0.667. The Balaban J connectivity index is 4.02. The summed E-state index contributed by atoms with van der Waals surface area (Å²) in [5, 5.41) is 0. The van der Waals surface area contributed by atoms with Gasteiger partial charge in [-0.1, -0.05) is 32.9 Å². The van der Waals surface area contributed by atoms with E-state index in [2.05, 4.69) is 33.9 Å². The van der Waals surface area contributed by atoms with Gasteiger partial charge in [-0.05, 0) is 18.3 Å². The van der Waals surface area contributed by atoms with Crippen molar-refractivity contribution in [2.45, 2.75) is 39.7 Å². The summed E-state index contributed by atoms with van der Waals surface area (Å²) in [5.74, 6) is 0. The summed E-state index contributed by atoms with van der Waals surface area (Å²) in [4.78, 5) is 0. The third-order valence-corrected chi connectivity index (χ3v) is 2.01. The SMILES string of the molecule is C=CCCC(OCC=C)C(C)(C)C. The summed E-state index contributed by atoms with van der Waals surface area (Å²) in [7, 11) is 0. The summed E-state index contributed by atoms with van der Waals surface area (Å²) >= 11 is 0. The van der Waals surface area contributed by atoms with Crippen molar-refractivity contribution in [1.29, 1.82) is 0 Å². The fourth-order valence-electron chi connectivity index (χ4n) is 1.22. The summed E-state index contributed by atoms with van der Waals surface area (Å²) < 4.78 is 5.69. The Labute approximate surface area is 82.5 Å². The Hall–Kier alpha value is -0.560. The highest BCUT2D eigenvalue weighted by molar-refractivity contribution is 4.79. The number of hydrogen-bond donors (Lipinski definition) is 0. The van der Waals surface area contributed by atoms with Crippen molar-refractivity contribution < 1.29 is 4.74 Å². The highest BCUT2D eigenvalue weighted by Crippen LogP contribution is 2.25. The summed E-state index contributed by atoms with van der Waals surface area (Å²) in [6.45, 7) is 14.6. The lowest BCUT2D eigenvalue weighted by Crippen LogP contribution is -2.29. The van der Waals surface area contributed by atoms with Crippen LogP contribution in [0.3, 0.4) is 0 Å². The molecule has 0 amide bonds. The van der Waals surface area contributed by atoms with Crippen LogP contribution in [0.5, 0.6) is 0 Å². The highest BCUT2D eigenvalue weighted by Gasteiger charge is 2.23. The number of ether oxygens (including phenoxy) is 1. The van der Waals surface area contributed by atoms with Crippen molar-refractivity contribution >= 4 is 0 Å². The van der Waals surface area contributed by atoms with E-state index in [1.54, 1.807) is 6.08 Å². The topological polar surface area (TPSA) is 9.23 Å². The molecule has 0 spiro atoms. The lowest BCUT2D eigenvalue weighted by molar-refractivity contribution is -0.00787. The molecule has 0 bridgehead atoms. The first-order chi connectivity index (χ1) is 6.02. The van der Waals surface area contributed by atoms with Crippen LogP contribution in [0.25, 0.3) is 0 Å². The molecule has 0 saturated heterocycles. The molecule has 13 heavy (non-hydrogen) atoms. The quantitative estimate of drug-likeness (QED) is 0.571. The van der Waals surface area contributed by atoms with E-state index in [1.165, 1.54) is 0 Å². The molecule has 0 fully saturated rings. The van der Waals surface area contributed by atoms with Crippen LogP contribution in [0.2, 0.25) is 0 Å². The van der Waals surface area contributed by atoms with E-state index in [1.807, 2.05) is 6.08 Å². The first kappa shape index (κ1) is 12.4. The number of hydrogen-bond acceptors (Lipinski definition) is 1. The molecule has 0 aliphatic carbocycles. The molecule has 1 heteroatoms. The van der Waals surface area contributed by atoms with E-state index >= 15 is 0 Å². The van der Waals surface area contributed by atoms with Gasteiger partial charge < -0.3 is 4.74 Å². The molecule has 1 unspecified atom stereocenters. The predicted octanol–water partition coefficient (Wildman–Crippen LogP) is 3.57. The Morgan fingerprint density at radius 1 is 1.23 bits per heavy atom. The van der Waals surface area contributed by atoms with Crippen molar-refractivity contribution in [3.05, 3.63) is 25.3 Å². The van der Waals surface area contributed by atoms with Gasteiger partial charge in [0.15, 0.2) is 0 Å². The van der Waals surface area contributed by atoms with Gasteiger partial charge in [0.2, 0.25) is 0 Å². The van der Waals surface area contributed by atoms with Crippen molar-refractivity contribution in [2.75, 3.05) is 6.61 Å². The molecule has 0 N–H and O–H groups in total. The average Bonchev–Trinajstić information content (AvgIpc) is 2.02. The predicted molar refractivity (Wildman–Crippen MR) is 58.8 cm³/mol. The van der Waals surface area contributed by atoms with Gasteiger partial charge in [0.05, 0.1) is 12.7 Å². The average molecular weight is 182 g/mol. The van der Waals surface area contributed by atoms with Gasteiger partial charge in [-0.15, -0.1) is 13.2 Å². The van der Waals surface area contributed by atoms with E-state index in [-0.39, 0.29) is 5.41 Å². The van der Waals surface area contributed by atoms with Gasteiger partial charge >= 0.3 is 0 Å². The second kappa shape index (κ2) is 5.98. The zero-order chi connectivity index (χ0) is 10.3. The van der Waals surface area contributed by atoms with Crippen molar-refractivity contribution in [2.24, 2.45) is 5.41 Å². The van der Waals surface area contributed by atoms with Crippen LogP contribution in [0.1, 0.15) is 33.6 Å². The molecule has 0 aromatic heterocycles. The molecule has 0 aliphatic heterocycles. The molecule has 0 saturated carbocycles. The lowest BCUT2D eigenvalue weighted by atomic mass is 9.86. The minimum absolute atomic E-state index is 0.200. The minimum atomic E-state index is 0.200. The number of rotatable bonds is 6. The van der Waals surface area contributed by atoms with Crippen molar-refractivity contribution in [3.63, 3.8) is 0 Å². The Morgan fingerprint density at radius 2 is 1.85 bits per heavy atom. The van der Waals surface area contributed by atoms with Crippen LogP contribution in [0.15, 0.2) is 25.3 Å². The fourth-order valence-corrected chi connectivity index (χ4v) is 1.22. The van der Waals surface area contributed by atoms with Crippen molar-refractivity contribution in [3.8, 4) is 0 Å². The second-order valence-electron chi connectivity index (χ2n) is 4.34. The van der Waals surface area contributed by atoms with E-state index in [4.69, 9.17) is 4.74 Å². The van der Waals surface area contributed by atoms with E-state index in [0.717, 1.165) is 12.8 Å². The summed E-state index contributed by atoms with van der Waals surface area (Å²) in [5.41, 5.74) is 0.200. The van der Waals surface area contributed by atoms with Gasteiger partial charge in [-0.2, -0.15) is 0 Å². The molecule has 0 heterocycles. The molecule has 0 aromatic carbocycles. The highest BCUT2D eigenvalue weighted by atomic mass is 16.5. The monoisotopic (exact) mass is 182 g/mol. The van der Waals surface area contributed by atoms with Gasteiger partial charge in [0.1, 0.15) is 0 Å². The first-order valence-corrected chi connectivity index (χ1v) is 4.85. The third-order valence-electron chi connectivity index (χ3n) is 2.01. The molecule has 1 atom stereocenters. The standard InChI is InChI=1S/C12H22O/c1-6-8-9-11(12(3,4)5)13-10-7-2/h6-7,11H,1-2,8-10H2,3-5H3. The smallest absolute Gasteiger partial charge is 0.0648 e. The van der Waals surface area contributed by atoms with Gasteiger partial charge in [-0.3, -0.25) is 0 Å². The molecular weight excluding hydrogens is 160 g/mol. The molecule has 0 aliphatic rings. The summed E-state index contributed by atoms with van der Waals surface area (Å²) in [6, 6.07) is 0. The van der Waals surface area contributed by atoms with Gasteiger partial charge in [-0.25, -0.2) is 0 Å². The van der Waals surface area contributed by atoms with Crippen molar-refractivity contribution in [1.82, 2.24) is 0 Å². The maximum absolute atomic E-state index is 5.69. The molecule has 76 valence electrons. The van der Waals surface area contributed by atoms with E-state index in [0.29, 0.717) is 12.7 Å². The van der Waals surface area contributed by atoms with Crippen LogP contribution >= 0.6 is 0 Å². The van der Waals surface area contributed by atoms with Crippen LogP contribution in [-0.2, 0) is 4.74 Å². The molecule has 0 radical (unpaired) electrons. The van der Waals surface area contributed by atoms with Crippen LogP contribution in [-0.4, -0.2) is 12.7 Å². The zero-order valence-corrected chi connectivity index (χ0v) is 9.18. The molecular formula is C12H22O. The minimum Gasteiger partial charge on any atom is -0.374 e. The third kappa shape index (κ3) is 5.64. The van der Waals surface area contributed by atoms with Crippen LogP contribution < -0.4 is 0 Å². The Bertz CT molecular complexity index is 141. The largest absolute Gasteiger partial charge is 0.374 e. The van der Waals surface area contributed by atoms with E-state index < -0.39 is 0 Å². The molecule has 1 nitrogen and oxygen atoms in total. The second-order valence-corrected chi connectivity index (χ2v) is 4.34. The molecule has 0 rings (SSSR count). The Morgan fingerprint density at radius 3 is 2.23 bits per heavy atom. The van der Waals surface area contributed by atoms with Crippen LogP contribution in [0, 0.1) is 5.41 Å². The molecule has 0 aromatic rings. The van der Waals surface area contributed by atoms with Gasteiger partial charge in [0, 0.05) is 0 Å². The summed E-state index contributed by atoms with van der Waals surface area (Å²) in [6.07, 6.45) is 6.09. The Kier molecular flexibility index (Phi) is 5.72. The number of allylic oxidation sites excluding steroid dienone is 1. The maximum atomic E-state index is 5.69.